The van der Waals surface area contributed by atoms with Crippen LogP contribution in [-0.2, 0) is 22.1 Å². The second-order valence-electron chi connectivity index (χ2n) is 6.40. The predicted molar refractivity (Wildman–Crippen MR) is 98.4 cm³/mol. The van der Waals surface area contributed by atoms with Crippen molar-refractivity contribution < 1.29 is 18.6 Å². The van der Waals surface area contributed by atoms with Gasteiger partial charge in [0.25, 0.3) is 5.91 Å². The molecule has 5 nitrogen and oxygen atoms in total. The molecule has 1 aliphatic heterocycles. The first-order valence-electron chi connectivity index (χ1n) is 8.42. The largest absolute Gasteiger partial charge is 0.299 e. The number of amides is 1. The van der Waals surface area contributed by atoms with Crippen LogP contribution in [0.3, 0.4) is 0 Å². The molecule has 0 atom stereocenters. The van der Waals surface area contributed by atoms with E-state index in [1.165, 1.54) is 6.07 Å². The van der Waals surface area contributed by atoms with E-state index in [1.807, 2.05) is 36.4 Å². The van der Waals surface area contributed by atoms with Crippen molar-refractivity contribution in [2.75, 3.05) is 11.5 Å². The summed E-state index contributed by atoms with van der Waals surface area (Å²) in [5.41, 5.74) is 2.72. The molecule has 138 valence electrons. The van der Waals surface area contributed by atoms with Gasteiger partial charge in [-0.1, -0.05) is 42.5 Å². The number of hydroxylamine groups is 1. The summed E-state index contributed by atoms with van der Waals surface area (Å²) in [5, 5.41) is 12.2. The zero-order valence-corrected chi connectivity index (χ0v) is 15.0. The summed E-state index contributed by atoms with van der Waals surface area (Å²) >= 11 is 0. The lowest BCUT2D eigenvalue weighted by molar-refractivity contribution is -0.136. The molecular formula is C19H21FN2O3S. The van der Waals surface area contributed by atoms with Crippen molar-refractivity contribution in [3.8, 4) is 11.1 Å². The fourth-order valence-electron chi connectivity index (χ4n) is 3.19. The number of nitrogens with one attached hydrogen (secondary N) is 2. The monoisotopic (exact) mass is 376 g/mol. The Bertz CT molecular complexity index is 804. The Morgan fingerprint density at radius 2 is 1.85 bits per heavy atom. The molecule has 2 aromatic rings. The Kier molecular flexibility index (Phi) is 5.80. The van der Waals surface area contributed by atoms with Crippen molar-refractivity contribution in [1.29, 1.82) is 0 Å². The molecule has 0 radical (unpaired) electrons. The molecule has 1 saturated heterocycles. The minimum atomic E-state index is -0.989. The van der Waals surface area contributed by atoms with Crippen LogP contribution in [0, 0.1) is 5.82 Å². The summed E-state index contributed by atoms with van der Waals surface area (Å²) in [6, 6.07) is 14.3. The third kappa shape index (κ3) is 4.00. The topological polar surface area (TPSA) is 78.4 Å². The summed E-state index contributed by atoms with van der Waals surface area (Å²) in [6.45, 7) is 0.270. The standard InChI is InChI=1S/C19H21FN2O3S/c20-17-12-14(6-7-16(17)15-4-2-1-3-5-15)13-21-19(18(23)22-24)8-10-26(25)11-9-19/h1-7,12,21,24H,8-11,13H2,(H,22,23). The number of rotatable bonds is 5. The van der Waals surface area contributed by atoms with E-state index in [2.05, 4.69) is 5.32 Å². The summed E-state index contributed by atoms with van der Waals surface area (Å²) in [5.74, 6) is -0.0971. The maximum Gasteiger partial charge on any atom is 0.263 e. The van der Waals surface area contributed by atoms with E-state index in [4.69, 9.17) is 5.21 Å². The molecular weight excluding hydrogens is 355 g/mol. The van der Waals surface area contributed by atoms with Gasteiger partial charge in [0.15, 0.2) is 0 Å². The van der Waals surface area contributed by atoms with Gasteiger partial charge in [-0.15, -0.1) is 0 Å². The van der Waals surface area contributed by atoms with Crippen LogP contribution in [-0.4, -0.2) is 32.4 Å². The summed E-state index contributed by atoms with van der Waals surface area (Å²) < 4.78 is 26.1. The van der Waals surface area contributed by atoms with Crippen molar-refractivity contribution in [2.45, 2.75) is 24.9 Å². The number of hydrogen-bond donors (Lipinski definition) is 3. The number of benzene rings is 2. The third-order valence-electron chi connectivity index (χ3n) is 4.80. The van der Waals surface area contributed by atoms with Gasteiger partial charge < -0.3 is 0 Å². The maximum atomic E-state index is 14.5. The molecule has 0 spiro atoms. The molecule has 1 aliphatic rings. The van der Waals surface area contributed by atoms with E-state index in [-0.39, 0.29) is 12.4 Å². The van der Waals surface area contributed by atoms with E-state index in [9.17, 15) is 13.4 Å². The zero-order chi connectivity index (χ0) is 18.6. The molecule has 0 aliphatic carbocycles. The Morgan fingerprint density at radius 3 is 2.46 bits per heavy atom. The molecule has 2 aromatic carbocycles. The maximum absolute atomic E-state index is 14.5. The van der Waals surface area contributed by atoms with Crippen LogP contribution >= 0.6 is 0 Å². The van der Waals surface area contributed by atoms with Gasteiger partial charge in [0.05, 0.1) is 0 Å². The molecule has 1 fully saturated rings. The second-order valence-corrected chi connectivity index (χ2v) is 8.10. The fraction of sp³-hybridized carbons (Fsp3) is 0.316. The zero-order valence-electron chi connectivity index (χ0n) is 14.2. The van der Waals surface area contributed by atoms with Crippen molar-refractivity contribution in [3.63, 3.8) is 0 Å². The molecule has 1 amide bonds. The first kappa shape index (κ1) is 18.7. The van der Waals surface area contributed by atoms with Crippen molar-refractivity contribution in [2.24, 2.45) is 0 Å². The highest BCUT2D eigenvalue weighted by Crippen LogP contribution is 2.25. The molecule has 3 N–H and O–H groups in total. The highest BCUT2D eigenvalue weighted by atomic mass is 32.2. The molecule has 0 unspecified atom stereocenters. The third-order valence-corrected chi connectivity index (χ3v) is 6.12. The molecule has 0 saturated carbocycles. The van der Waals surface area contributed by atoms with Gasteiger partial charge in [-0.2, -0.15) is 0 Å². The van der Waals surface area contributed by atoms with Crippen LogP contribution in [0.2, 0.25) is 0 Å². The minimum Gasteiger partial charge on any atom is -0.299 e. The van der Waals surface area contributed by atoms with Crippen LogP contribution < -0.4 is 10.8 Å². The first-order valence-corrected chi connectivity index (χ1v) is 9.91. The molecule has 1 heterocycles. The Labute approximate surface area is 154 Å². The number of carbonyl (C=O) groups is 1. The van der Waals surface area contributed by atoms with Gasteiger partial charge in [-0.05, 0) is 30.0 Å². The van der Waals surface area contributed by atoms with Crippen LogP contribution in [0.4, 0.5) is 4.39 Å². The normalized spacial score (nSPS) is 22.8. The molecule has 26 heavy (non-hydrogen) atoms. The minimum absolute atomic E-state index is 0.270. The van der Waals surface area contributed by atoms with Crippen molar-refractivity contribution in [3.05, 3.63) is 59.9 Å². The second kappa shape index (κ2) is 8.07. The van der Waals surface area contributed by atoms with Crippen molar-refractivity contribution in [1.82, 2.24) is 10.8 Å². The highest BCUT2D eigenvalue weighted by Gasteiger charge is 2.40. The molecule has 0 aromatic heterocycles. The van der Waals surface area contributed by atoms with Gasteiger partial charge in [0.1, 0.15) is 11.4 Å². The molecule has 0 bridgehead atoms. The van der Waals surface area contributed by atoms with Gasteiger partial charge >= 0.3 is 0 Å². The Hall–Kier alpha value is -2.09. The quantitative estimate of drug-likeness (QED) is 0.553. The molecule has 7 heteroatoms. The lowest BCUT2D eigenvalue weighted by Crippen LogP contribution is -2.59. The lowest BCUT2D eigenvalue weighted by Gasteiger charge is -2.35. The number of halogens is 1. The Morgan fingerprint density at radius 1 is 1.15 bits per heavy atom. The van der Waals surface area contributed by atoms with E-state index in [1.54, 1.807) is 11.5 Å². The van der Waals surface area contributed by atoms with E-state index >= 15 is 0 Å². The van der Waals surface area contributed by atoms with E-state index in [0.717, 1.165) is 5.56 Å². The summed E-state index contributed by atoms with van der Waals surface area (Å²) in [6.07, 6.45) is 0.715. The van der Waals surface area contributed by atoms with Crippen LogP contribution in [0.25, 0.3) is 11.1 Å². The van der Waals surface area contributed by atoms with Gasteiger partial charge in [0, 0.05) is 34.4 Å². The predicted octanol–water partition coefficient (Wildman–Crippen LogP) is 2.37. The summed E-state index contributed by atoms with van der Waals surface area (Å²) in [7, 11) is -0.943. The average Bonchev–Trinajstić information content (AvgIpc) is 2.68. The van der Waals surface area contributed by atoms with E-state index in [0.29, 0.717) is 35.5 Å². The highest BCUT2D eigenvalue weighted by molar-refractivity contribution is 7.85. The summed E-state index contributed by atoms with van der Waals surface area (Å²) in [4.78, 5) is 12.1. The average molecular weight is 376 g/mol. The van der Waals surface area contributed by atoms with Gasteiger partial charge in [0.2, 0.25) is 0 Å². The molecule has 3 rings (SSSR count). The van der Waals surface area contributed by atoms with Gasteiger partial charge in [-0.25, -0.2) is 9.87 Å². The number of carbonyl (C=O) groups excluding carboxylic acids is 1. The van der Waals surface area contributed by atoms with Crippen molar-refractivity contribution >= 4 is 16.7 Å². The number of hydrogen-bond acceptors (Lipinski definition) is 4. The van der Waals surface area contributed by atoms with Gasteiger partial charge in [-0.3, -0.25) is 19.5 Å². The van der Waals surface area contributed by atoms with Crippen LogP contribution in [0.15, 0.2) is 48.5 Å². The smallest absolute Gasteiger partial charge is 0.263 e. The van der Waals surface area contributed by atoms with Crippen LogP contribution in [0.1, 0.15) is 18.4 Å². The fourth-order valence-corrected chi connectivity index (χ4v) is 4.54. The SMILES string of the molecule is O=C(NO)C1(NCc2ccc(-c3ccccc3)c(F)c2)CCS(=O)CC1. The Balaban J connectivity index is 1.75. The van der Waals surface area contributed by atoms with Crippen LogP contribution in [0.5, 0.6) is 0 Å². The lowest BCUT2D eigenvalue weighted by atomic mass is 9.91. The first-order chi connectivity index (χ1) is 12.5. The van der Waals surface area contributed by atoms with E-state index < -0.39 is 22.2 Å².